The SMILES string of the molecule is CCc1ccccc1-n1c(C)cc([C@@H]2[C@@H](c3ccccn3)NC(=S)N2Cc2ccncc2)c1C. The van der Waals surface area contributed by atoms with Gasteiger partial charge in [-0.1, -0.05) is 31.2 Å². The Labute approximate surface area is 206 Å². The quantitative estimate of drug-likeness (QED) is 0.373. The van der Waals surface area contributed by atoms with E-state index in [9.17, 15) is 0 Å². The van der Waals surface area contributed by atoms with Crippen LogP contribution in [0.3, 0.4) is 0 Å². The summed E-state index contributed by atoms with van der Waals surface area (Å²) in [5, 5.41) is 4.32. The Hall–Kier alpha value is -3.51. The van der Waals surface area contributed by atoms with Crippen molar-refractivity contribution in [2.75, 3.05) is 0 Å². The van der Waals surface area contributed by atoms with Gasteiger partial charge < -0.3 is 14.8 Å². The number of pyridine rings is 2. The monoisotopic (exact) mass is 467 g/mol. The van der Waals surface area contributed by atoms with Crippen LogP contribution in [0.25, 0.3) is 5.69 Å². The summed E-state index contributed by atoms with van der Waals surface area (Å²) in [5.74, 6) is 0. The molecule has 1 aliphatic heterocycles. The maximum Gasteiger partial charge on any atom is 0.170 e. The Morgan fingerprint density at radius 2 is 1.74 bits per heavy atom. The molecule has 34 heavy (non-hydrogen) atoms. The highest BCUT2D eigenvalue weighted by molar-refractivity contribution is 7.80. The average Bonchev–Trinajstić information content (AvgIpc) is 3.35. The minimum atomic E-state index is -0.0362. The van der Waals surface area contributed by atoms with E-state index in [1.165, 1.54) is 33.8 Å². The highest BCUT2D eigenvalue weighted by Crippen LogP contribution is 2.42. The lowest BCUT2D eigenvalue weighted by Gasteiger charge is -2.28. The number of para-hydroxylation sites is 1. The molecule has 0 saturated carbocycles. The molecule has 0 bridgehead atoms. The maximum absolute atomic E-state index is 5.87. The third-order valence-electron chi connectivity index (χ3n) is 6.70. The maximum atomic E-state index is 5.87. The molecule has 1 aromatic carbocycles. The second-order valence-electron chi connectivity index (χ2n) is 8.75. The number of aryl methyl sites for hydroxylation is 2. The number of hydrogen-bond donors (Lipinski definition) is 1. The summed E-state index contributed by atoms with van der Waals surface area (Å²) in [6.07, 6.45) is 6.51. The Morgan fingerprint density at radius 3 is 2.47 bits per heavy atom. The summed E-state index contributed by atoms with van der Waals surface area (Å²) in [5.41, 5.74) is 8.47. The number of hydrogen-bond acceptors (Lipinski definition) is 3. The van der Waals surface area contributed by atoms with Gasteiger partial charge in [-0.15, -0.1) is 0 Å². The largest absolute Gasteiger partial charge is 0.352 e. The molecular weight excluding hydrogens is 438 g/mol. The lowest BCUT2D eigenvalue weighted by molar-refractivity contribution is 0.310. The zero-order valence-corrected chi connectivity index (χ0v) is 20.6. The first kappa shape index (κ1) is 22.3. The molecule has 2 atom stereocenters. The van der Waals surface area contributed by atoms with Crippen LogP contribution in [0.15, 0.2) is 79.3 Å². The summed E-state index contributed by atoms with van der Waals surface area (Å²) < 4.78 is 2.38. The summed E-state index contributed by atoms with van der Waals surface area (Å²) in [6.45, 7) is 7.32. The van der Waals surface area contributed by atoms with Crippen LogP contribution < -0.4 is 5.32 Å². The van der Waals surface area contributed by atoms with Gasteiger partial charge in [0.05, 0.1) is 17.8 Å². The van der Waals surface area contributed by atoms with E-state index in [2.05, 4.69) is 89.1 Å². The van der Waals surface area contributed by atoms with Crippen molar-refractivity contribution in [3.8, 4) is 5.69 Å². The van der Waals surface area contributed by atoms with E-state index in [1.807, 2.05) is 30.7 Å². The first-order chi connectivity index (χ1) is 16.6. The summed E-state index contributed by atoms with van der Waals surface area (Å²) >= 11 is 5.87. The van der Waals surface area contributed by atoms with E-state index in [0.717, 1.165) is 17.2 Å². The minimum Gasteiger partial charge on any atom is -0.352 e. The van der Waals surface area contributed by atoms with E-state index in [-0.39, 0.29) is 12.1 Å². The Morgan fingerprint density at radius 1 is 0.971 bits per heavy atom. The van der Waals surface area contributed by atoms with Crippen LogP contribution in [-0.4, -0.2) is 24.5 Å². The van der Waals surface area contributed by atoms with E-state index < -0.39 is 0 Å². The van der Waals surface area contributed by atoms with Gasteiger partial charge in [0.25, 0.3) is 0 Å². The van der Waals surface area contributed by atoms with E-state index in [4.69, 9.17) is 17.2 Å². The predicted molar refractivity (Wildman–Crippen MR) is 140 cm³/mol. The minimum absolute atomic E-state index is 0.0179. The summed E-state index contributed by atoms with van der Waals surface area (Å²) in [6, 6.07) is 21.1. The molecule has 0 unspecified atom stereocenters. The molecule has 0 amide bonds. The molecule has 1 N–H and O–H groups in total. The zero-order valence-electron chi connectivity index (χ0n) is 19.8. The lowest BCUT2D eigenvalue weighted by atomic mass is 9.96. The fourth-order valence-electron chi connectivity index (χ4n) is 5.08. The van der Waals surface area contributed by atoms with Crippen LogP contribution in [0, 0.1) is 13.8 Å². The Bertz CT molecular complexity index is 1300. The van der Waals surface area contributed by atoms with Gasteiger partial charge in [-0.2, -0.15) is 0 Å². The molecule has 1 fully saturated rings. The van der Waals surface area contributed by atoms with Gasteiger partial charge in [0.15, 0.2) is 5.11 Å². The van der Waals surface area contributed by atoms with Crippen LogP contribution in [0.5, 0.6) is 0 Å². The van der Waals surface area contributed by atoms with Crippen molar-refractivity contribution >= 4 is 17.3 Å². The van der Waals surface area contributed by atoms with Gasteiger partial charge in [0.1, 0.15) is 0 Å². The van der Waals surface area contributed by atoms with Crippen molar-refractivity contribution in [2.24, 2.45) is 0 Å². The lowest BCUT2D eigenvalue weighted by Crippen LogP contribution is -2.29. The van der Waals surface area contributed by atoms with Crippen LogP contribution in [0.2, 0.25) is 0 Å². The molecule has 1 aliphatic rings. The van der Waals surface area contributed by atoms with E-state index in [1.54, 1.807) is 0 Å². The first-order valence-corrected chi connectivity index (χ1v) is 12.1. The smallest absolute Gasteiger partial charge is 0.170 e. The second kappa shape index (κ2) is 9.39. The van der Waals surface area contributed by atoms with Gasteiger partial charge in [-0.25, -0.2) is 0 Å². The number of nitrogens with zero attached hydrogens (tertiary/aromatic N) is 4. The van der Waals surface area contributed by atoms with Crippen LogP contribution >= 0.6 is 12.2 Å². The van der Waals surface area contributed by atoms with Crippen molar-refractivity contribution < 1.29 is 0 Å². The van der Waals surface area contributed by atoms with Gasteiger partial charge in [-0.05, 0) is 85.6 Å². The molecule has 0 aliphatic carbocycles. The van der Waals surface area contributed by atoms with Crippen LogP contribution in [-0.2, 0) is 13.0 Å². The second-order valence-corrected chi connectivity index (χ2v) is 9.14. The van der Waals surface area contributed by atoms with Crippen molar-refractivity contribution in [2.45, 2.75) is 45.8 Å². The molecule has 6 heteroatoms. The van der Waals surface area contributed by atoms with Gasteiger partial charge >= 0.3 is 0 Å². The zero-order chi connectivity index (χ0) is 23.7. The first-order valence-electron chi connectivity index (χ1n) is 11.7. The molecule has 1 saturated heterocycles. The van der Waals surface area contributed by atoms with Crippen LogP contribution in [0.4, 0.5) is 0 Å². The van der Waals surface area contributed by atoms with Gasteiger partial charge in [0, 0.05) is 42.2 Å². The Balaban J connectivity index is 1.64. The fourth-order valence-corrected chi connectivity index (χ4v) is 5.39. The number of nitrogens with one attached hydrogen (secondary N) is 1. The standard InChI is InChI=1S/C28H29N5S/c1-4-22-9-5-6-11-25(22)33-19(2)17-23(20(33)3)27-26(24-10-7-8-14-30-24)31-28(34)32(27)18-21-12-15-29-16-13-21/h5-17,26-27H,4,18H2,1-3H3,(H,31,34)/t26-,27-/m1/s1. The van der Waals surface area contributed by atoms with E-state index in [0.29, 0.717) is 6.54 Å². The third kappa shape index (κ3) is 3.99. The highest BCUT2D eigenvalue weighted by Gasteiger charge is 2.41. The van der Waals surface area contributed by atoms with Gasteiger partial charge in [0.2, 0.25) is 0 Å². The van der Waals surface area contributed by atoms with E-state index >= 15 is 0 Å². The molecule has 0 radical (unpaired) electrons. The topological polar surface area (TPSA) is 46.0 Å². The summed E-state index contributed by atoms with van der Waals surface area (Å²) in [4.78, 5) is 11.2. The number of benzene rings is 1. The molecule has 5 rings (SSSR count). The average molecular weight is 468 g/mol. The Kier molecular flexibility index (Phi) is 6.16. The molecule has 5 nitrogen and oxygen atoms in total. The van der Waals surface area contributed by atoms with Crippen molar-refractivity contribution in [3.63, 3.8) is 0 Å². The number of rotatable bonds is 6. The normalized spacial score (nSPS) is 17.7. The molecule has 0 spiro atoms. The molecule has 172 valence electrons. The predicted octanol–water partition coefficient (Wildman–Crippen LogP) is 5.62. The van der Waals surface area contributed by atoms with Crippen molar-refractivity contribution in [3.05, 3.63) is 113 Å². The summed E-state index contributed by atoms with van der Waals surface area (Å²) in [7, 11) is 0. The third-order valence-corrected chi connectivity index (χ3v) is 7.05. The number of aromatic nitrogens is 3. The van der Waals surface area contributed by atoms with Crippen LogP contribution in [0.1, 0.15) is 52.8 Å². The molecule has 4 aromatic rings. The van der Waals surface area contributed by atoms with Gasteiger partial charge in [-0.3, -0.25) is 9.97 Å². The number of thiocarbonyl (C=S) groups is 1. The van der Waals surface area contributed by atoms with Crippen molar-refractivity contribution in [1.29, 1.82) is 0 Å². The molecule has 4 heterocycles. The fraction of sp³-hybridized carbons (Fsp3) is 0.250. The highest BCUT2D eigenvalue weighted by atomic mass is 32.1. The molecule has 3 aromatic heterocycles. The molecular formula is C28H29N5S. The van der Waals surface area contributed by atoms with Crippen molar-refractivity contribution in [1.82, 2.24) is 24.8 Å².